The SMILES string of the molecule is COc1cccc(C(=O)N2CCN(Cc3cccc4cccnc34)CC2)c1OC. The number of carbonyl (C=O) groups is 1. The number of fused-ring (bicyclic) bond motifs is 1. The highest BCUT2D eigenvalue weighted by molar-refractivity contribution is 5.98. The number of hydrogen-bond acceptors (Lipinski definition) is 5. The molecule has 6 nitrogen and oxygen atoms in total. The lowest BCUT2D eigenvalue weighted by Gasteiger charge is -2.35. The van der Waals surface area contributed by atoms with Gasteiger partial charge in [0.15, 0.2) is 11.5 Å². The second kappa shape index (κ2) is 8.49. The molecule has 150 valence electrons. The van der Waals surface area contributed by atoms with Gasteiger partial charge in [-0.25, -0.2) is 0 Å². The molecular formula is C23H25N3O3. The molecule has 0 bridgehead atoms. The van der Waals surface area contributed by atoms with Crippen molar-refractivity contribution in [2.45, 2.75) is 6.54 Å². The number of ether oxygens (including phenoxy) is 2. The highest BCUT2D eigenvalue weighted by Crippen LogP contribution is 2.31. The van der Waals surface area contributed by atoms with Gasteiger partial charge in [-0.05, 0) is 23.8 Å². The Balaban J connectivity index is 1.44. The van der Waals surface area contributed by atoms with Crippen molar-refractivity contribution in [2.75, 3.05) is 40.4 Å². The number of amides is 1. The smallest absolute Gasteiger partial charge is 0.257 e. The predicted molar refractivity (Wildman–Crippen MR) is 112 cm³/mol. The van der Waals surface area contributed by atoms with E-state index in [1.54, 1.807) is 26.4 Å². The molecule has 0 saturated carbocycles. The Hall–Kier alpha value is -3.12. The maximum Gasteiger partial charge on any atom is 0.257 e. The van der Waals surface area contributed by atoms with Gasteiger partial charge < -0.3 is 14.4 Å². The van der Waals surface area contributed by atoms with Gasteiger partial charge in [0.25, 0.3) is 5.91 Å². The number of aromatic nitrogens is 1. The zero-order valence-corrected chi connectivity index (χ0v) is 16.8. The van der Waals surface area contributed by atoms with Crippen LogP contribution in [0.2, 0.25) is 0 Å². The molecule has 2 heterocycles. The highest BCUT2D eigenvalue weighted by atomic mass is 16.5. The van der Waals surface area contributed by atoms with Gasteiger partial charge in [-0.3, -0.25) is 14.7 Å². The predicted octanol–water partition coefficient (Wildman–Crippen LogP) is 3.21. The summed E-state index contributed by atoms with van der Waals surface area (Å²) in [5.74, 6) is 1.04. The van der Waals surface area contributed by atoms with Crippen LogP contribution in [0.1, 0.15) is 15.9 Å². The van der Waals surface area contributed by atoms with Crippen LogP contribution in [0.15, 0.2) is 54.7 Å². The van der Waals surface area contributed by atoms with Crippen molar-refractivity contribution in [2.24, 2.45) is 0 Å². The van der Waals surface area contributed by atoms with E-state index in [9.17, 15) is 4.79 Å². The maximum atomic E-state index is 13.0. The van der Waals surface area contributed by atoms with Crippen LogP contribution >= 0.6 is 0 Å². The number of hydrogen-bond donors (Lipinski definition) is 0. The molecule has 0 radical (unpaired) electrons. The summed E-state index contributed by atoms with van der Waals surface area (Å²) in [7, 11) is 3.14. The molecule has 0 spiro atoms. The first-order valence-corrected chi connectivity index (χ1v) is 9.76. The normalized spacial score (nSPS) is 14.8. The lowest BCUT2D eigenvalue weighted by Crippen LogP contribution is -2.48. The van der Waals surface area contributed by atoms with Crippen LogP contribution in [0.25, 0.3) is 10.9 Å². The van der Waals surface area contributed by atoms with Gasteiger partial charge in [-0.1, -0.05) is 30.3 Å². The minimum Gasteiger partial charge on any atom is -0.493 e. The molecule has 0 aliphatic carbocycles. The molecule has 1 amide bonds. The van der Waals surface area contributed by atoms with Crippen LogP contribution < -0.4 is 9.47 Å². The Kier molecular flexibility index (Phi) is 5.62. The first-order chi connectivity index (χ1) is 14.2. The molecule has 1 aliphatic rings. The summed E-state index contributed by atoms with van der Waals surface area (Å²) in [5.41, 5.74) is 2.81. The first kappa shape index (κ1) is 19.2. The van der Waals surface area contributed by atoms with Gasteiger partial charge in [-0.2, -0.15) is 0 Å². The quantitative estimate of drug-likeness (QED) is 0.669. The van der Waals surface area contributed by atoms with Gasteiger partial charge in [0.2, 0.25) is 0 Å². The molecule has 0 atom stereocenters. The minimum absolute atomic E-state index is 0.0211. The molecule has 1 aliphatic heterocycles. The van der Waals surface area contributed by atoms with E-state index in [-0.39, 0.29) is 5.91 Å². The number of benzene rings is 2. The zero-order valence-electron chi connectivity index (χ0n) is 16.8. The van der Waals surface area contributed by atoms with E-state index in [2.05, 4.69) is 34.1 Å². The van der Waals surface area contributed by atoms with Crippen LogP contribution in [-0.2, 0) is 6.54 Å². The molecule has 6 heteroatoms. The monoisotopic (exact) mass is 391 g/mol. The van der Waals surface area contributed by atoms with E-state index in [4.69, 9.17) is 9.47 Å². The largest absolute Gasteiger partial charge is 0.493 e. The number of nitrogens with zero attached hydrogens (tertiary/aromatic N) is 3. The molecule has 0 N–H and O–H groups in total. The second-order valence-corrected chi connectivity index (χ2v) is 7.10. The molecule has 1 saturated heterocycles. The zero-order chi connectivity index (χ0) is 20.2. The summed E-state index contributed by atoms with van der Waals surface area (Å²) in [6, 6.07) is 15.8. The van der Waals surface area contributed by atoms with Crippen LogP contribution in [0.4, 0.5) is 0 Å². The maximum absolute atomic E-state index is 13.0. The van der Waals surface area contributed by atoms with Crippen LogP contribution in [0, 0.1) is 0 Å². The third kappa shape index (κ3) is 3.89. The van der Waals surface area contributed by atoms with Gasteiger partial charge in [-0.15, -0.1) is 0 Å². The Morgan fingerprint density at radius 1 is 0.966 bits per heavy atom. The van der Waals surface area contributed by atoms with Crippen molar-refractivity contribution in [3.8, 4) is 11.5 Å². The third-order valence-electron chi connectivity index (χ3n) is 5.40. The highest BCUT2D eigenvalue weighted by Gasteiger charge is 2.25. The molecule has 1 aromatic heterocycles. The van der Waals surface area contributed by atoms with Crippen molar-refractivity contribution >= 4 is 16.8 Å². The Labute approximate surface area is 170 Å². The second-order valence-electron chi connectivity index (χ2n) is 7.10. The summed E-state index contributed by atoms with van der Waals surface area (Å²) in [6.45, 7) is 3.83. The fraction of sp³-hybridized carbons (Fsp3) is 0.304. The van der Waals surface area contributed by atoms with Gasteiger partial charge >= 0.3 is 0 Å². The number of carbonyl (C=O) groups excluding carboxylic acids is 1. The first-order valence-electron chi connectivity index (χ1n) is 9.76. The number of pyridine rings is 1. The van der Waals surface area contributed by atoms with Crippen LogP contribution in [0.5, 0.6) is 11.5 Å². The van der Waals surface area contributed by atoms with Crippen molar-refractivity contribution in [3.05, 3.63) is 65.9 Å². The molecule has 29 heavy (non-hydrogen) atoms. The fourth-order valence-electron chi connectivity index (χ4n) is 3.87. The number of para-hydroxylation sites is 2. The molecular weight excluding hydrogens is 366 g/mol. The number of methoxy groups -OCH3 is 2. The van der Waals surface area contributed by atoms with E-state index in [0.29, 0.717) is 30.2 Å². The van der Waals surface area contributed by atoms with Crippen LogP contribution in [-0.4, -0.2) is 61.1 Å². The van der Waals surface area contributed by atoms with Crippen LogP contribution in [0.3, 0.4) is 0 Å². The van der Waals surface area contributed by atoms with Crippen molar-refractivity contribution < 1.29 is 14.3 Å². The third-order valence-corrected chi connectivity index (χ3v) is 5.40. The Bertz CT molecular complexity index is 1010. The summed E-state index contributed by atoms with van der Waals surface area (Å²) in [6.07, 6.45) is 1.84. The Morgan fingerprint density at radius 3 is 2.48 bits per heavy atom. The van der Waals surface area contributed by atoms with E-state index >= 15 is 0 Å². The molecule has 0 unspecified atom stereocenters. The molecule has 4 rings (SSSR count). The summed E-state index contributed by atoms with van der Waals surface area (Å²) in [5, 5.41) is 1.16. The molecule has 2 aromatic carbocycles. The lowest BCUT2D eigenvalue weighted by molar-refractivity contribution is 0.0625. The average Bonchev–Trinajstić information content (AvgIpc) is 2.78. The van der Waals surface area contributed by atoms with Crippen molar-refractivity contribution in [1.82, 2.24) is 14.8 Å². The van der Waals surface area contributed by atoms with Gasteiger partial charge in [0.1, 0.15) is 0 Å². The van der Waals surface area contributed by atoms with E-state index in [0.717, 1.165) is 30.5 Å². The van der Waals surface area contributed by atoms with Gasteiger partial charge in [0, 0.05) is 44.3 Å². The van der Waals surface area contributed by atoms with Gasteiger partial charge in [0.05, 0.1) is 25.3 Å². The Morgan fingerprint density at radius 2 is 1.72 bits per heavy atom. The van der Waals surface area contributed by atoms with E-state index in [1.807, 2.05) is 23.2 Å². The van der Waals surface area contributed by atoms with E-state index in [1.165, 1.54) is 5.56 Å². The molecule has 3 aromatic rings. The number of piperazine rings is 1. The van der Waals surface area contributed by atoms with E-state index < -0.39 is 0 Å². The molecule has 1 fully saturated rings. The number of rotatable bonds is 5. The van der Waals surface area contributed by atoms with Crippen molar-refractivity contribution in [3.63, 3.8) is 0 Å². The minimum atomic E-state index is -0.0211. The average molecular weight is 391 g/mol. The topological polar surface area (TPSA) is 54.9 Å². The summed E-state index contributed by atoms with van der Waals surface area (Å²) in [4.78, 5) is 21.9. The lowest BCUT2D eigenvalue weighted by atomic mass is 10.1. The standard InChI is InChI=1S/C23H25N3O3/c1-28-20-10-4-9-19(22(20)29-2)23(27)26-14-12-25(13-15-26)16-18-7-3-6-17-8-5-11-24-21(17)18/h3-11H,12-16H2,1-2H3. The summed E-state index contributed by atoms with van der Waals surface area (Å²) >= 11 is 0. The van der Waals surface area contributed by atoms with Crippen molar-refractivity contribution in [1.29, 1.82) is 0 Å². The summed E-state index contributed by atoms with van der Waals surface area (Å²) < 4.78 is 10.8. The fourth-order valence-corrected chi connectivity index (χ4v) is 3.87.